The Bertz CT molecular complexity index is 1320. The summed E-state index contributed by atoms with van der Waals surface area (Å²) < 4.78 is 39.0. The van der Waals surface area contributed by atoms with Crippen LogP contribution >= 0.6 is 11.6 Å². The highest BCUT2D eigenvalue weighted by Gasteiger charge is 2.26. The Hall–Kier alpha value is -2.59. The first-order valence-corrected chi connectivity index (χ1v) is 11.9. The molecule has 2 N–H and O–H groups in total. The zero-order valence-corrected chi connectivity index (χ0v) is 19.0. The number of ether oxygens (including phenoxy) is 2. The molecule has 4 rings (SSSR count). The van der Waals surface area contributed by atoms with Gasteiger partial charge in [-0.3, -0.25) is 4.79 Å². The predicted octanol–water partition coefficient (Wildman–Crippen LogP) is 2.83. The molecule has 2 aromatic carbocycles. The summed E-state index contributed by atoms with van der Waals surface area (Å²) in [4.78, 5) is 15.6. The molecule has 0 amide bonds. The molecule has 1 aliphatic heterocycles. The molecule has 8 nitrogen and oxygen atoms in total. The van der Waals surface area contributed by atoms with Crippen LogP contribution in [0.3, 0.4) is 0 Å². The normalized spacial score (nSPS) is 13.6. The molecular formula is C22H23ClN2O6S. The number of hydrogen-bond donors (Lipinski definition) is 2. The first-order valence-electron chi connectivity index (χ1n) is 10.1. The van der Waals surface area contributed by atoms with Crippen molar-refractivity contribution >= 4 is 32.5 Å². The van der Waals surface area contributed by atoms with Crippen LogP contribution in [0.15, 0.2) is 46.1 Å². The van der Waals surface area contributed by atoms with E-state index >= 15 is 0 Å². The molecule has 1 aliphatic rings. The molecule has 0 radical (unpaired) electrons. The molecule has 2 heterocycles. The summed E-state index contributed by atoms with van der Waals surface area (Å²) in [6.45, 7) is 2.35. The number of benzene rings is 2. The van der Waals surface area contributed by atoms with Crippen molar-refractivity contribution in [2.45, 2.75) is 24.8 Å². The second kappa shape index (κ2) is 9.11. The number of aliphatic hydroxyl groups is 1. The van der Waals surface area contributed by atoms with Crippen LogP contribution in [-0.2, 0) is 16.6 Å². The molecule has 0 unspecified atom stereocenters. The second-order valence-corrected chi connectivity index (χ2v) is 9.88. The molecule has 0 aliphatic carbocycles. The van der Waals surface area contributed by atoms with Crippen molar-refractivity contribution in [1.82, 2.24) is 9.29 Å². The first-order chi connectivity index (χ1) is 15.3. The van der Waals surface area contributed by atoms with Crippen LogP contribution < -0.4 is 15.0 Å². The number of aryl methyl sites for hydroxylation is 1. The maximum atomic E-state index is 13.3. The summed E-state index contributed by atoms with van der Waals surface area (Å²) in [5.41, 5.74) is 1.19. The Kier molecular flexibility index (Phi) is 6.43. The lowest BCUT2D eigenvalue weighted by molar-refractivity contribution is 0.172. The number of aromatic amines is 1. The molecule has 170 valence electrons. The molecule has 0 saturated heterocycles. The van der Waals surface area contributed by atoms with Gasteiger partial charge < -0.3 is 19.6 Å². The standard InChI is InChI=1S/C22H23ClN2O6S/c1-14-3-4-17(11-18(14)23)32(28,29)25(5-2-6-26)13-16-9-15-10-20-21(31-8-7-30-20)12-19(15)24-22(16)27/h3-4,9-12,26H,2,5-8,13H2,1H3,(H,24,27). The fourth-order valence-corrected chi connectivity index (χ4v) is 5.24. The quantitative estimate of drug-likeness (QED) is 0.540. The molecule has 3 aromatic rings. The van der Waals surface area contributed by atoms with E-state index in [4.69, 9.17) is 21.1 Å². The van der Waals surface area contributed by atoms with Gasteiger partial charge in [0.2, 0.25) is 10.0 Å². The lowest BCUT2D eigenvalue weighted by Crippen LogP contribution is -2.34. The Morgan fingerprint density at radius 3 is 2.53 bits per heavy atom. The lowest BCUT2D eigenvalue weighted by atomic mass is 10.1. The van der Waals surface area contributed by atoms with Crippen molar-refractivity contribution in [1.29, 1.82) is 0 Å². The van der Waals surface area contributed by atoms with Gasteiger partial charge >= 0.3 is 0 Å². The third-order valence-corrected chi connectivity index (χ3v) is 7.53. The van der Waals surface area contributed by atoms with Crippen LogP contribution in [-0.4, -0.2) is 49.2 Å². The Labute approximate surface area is 190 Å². The molecule has 0 saturated carbocycles. The van der Waals surface area contributed by atoms with E-state index < -0.39 is 15.6 Å². The van der Waals surface area contributed by atoms with Gasteiger partial charge in [-0.1, -0.05) is 17.7 Å². The minimum Gasteiger partial charge on any atom is -0.486 e. The Balaban J connectivity index is 1.72. The van der Waals surface area contributed by atoms with E-state index in [9.17, 15) is 18.3 Å². The van der Waals surface area contributed by atoms with Crippen LogP contribution in [0.25, 0.3) is 10.9 Å². The van der Waals surface area contributed by atoms with Gasteiger partial charge in [0.15, 0.2) is 11.5 Å². The molecule has 1 aromatic heterocycles. The third kappa shape index (κ3) is 4.47. The Morgan fingerprint density at radius 2 is 1.84 bits per heavy atom. The molecule has 0 bridgehead atoms. The zero-order valence-electron chi connectivity index (χ0n) is 17.4. The number of H-pyrrole nitrogens is 1. The van der Waals surface area contributed by atoms with Crippen LogP contribution in [0.5, 0.6) is 11.5 Å². The number of halogens is 1. The lowest BCUT2D eigenvalue weighted by Gasteiger charge is -2.22. The fourth-order valence-electron chi connectivity index (χ4n) is 3.51. The highest BCUT2D eigenvalue weighted by Crippen LogP contribution is 2.34. The van der Waals surface area contributed by atoms with Crippen molar-refractivity contribution in [3.05, 3.63) is 62.9 Å². The van der Waals surface area contributed by atoms with E-state index in [-0.39, 0.29) is 36.6 Å². The van der Waals surface area contributed by atoms with Crippen LogP contribution in [0.2, 0.25) is 5.02 Å². The SMILES string of the molecule is Cc1ccc(S(=O)(=O)N(CCCO)Cc2cc3cc4c(cc3[nH]c2=O)OCCO4)cc1Cl. The van der Waals surface area contributed by atoms with Gasteiger partial charge in [0.05, 0.1) is 10.4 Å². The fraction of sp³-hybridized carbons (Fsp3) is 0.318. The number of pyridine rings is 1. The van der Waals surface area contributed by atoms with Gasteiger partial charge in [-0.05, 0) is 43.2 Å². The van der Waals surface area contributed by atoms with E-state index in [1.54, 1.807) is 31.2 Å². The first kappa shape index (κ1) is 22.6. The minimum absolute atomic E-state index is 0.0304. The maximum absolute atomic E-state index is 13.3. The van der Waals surface area contributed by atoms with E-state index in [2.05, 4.69) is 4.98 Å². The highest BCUT2D eigenvalue weighted by molar-refractivity contribution is 7.89. The molecule has 0 atom stereocenters. The van der Waals surface area contributed by atoms with E-state index in [1.165, 1.54) is 16.4 Å². The van der Waals surface area contributed by atoms with Gasteiger partial charge in [-0.25, -0.2) is 8.42 Å². The highest BCUT2D eigenvalue weighted by atomic mass is 35.5. The van der Waals surface area contributed by atoms with Crippen molar-refractivity contribution in [2.24, 2.45) is 0 Å². The van der Waals surface area contributed by atoms with Crippen molar-refractivity contribution in [2.75, 3.05) is 26.4 Å². The van der Waals surface area contributed by atoms with Crippen LogP contribution in [0.4, 0.5) is 0 Å². The maximum Gasteiger partial charge on any atom is 0.252 e. The average molecular weight is 479 g/mol. The third-order valence-electron chi connectivity index (χ3n) is 5.28. The summed E-state index contributed by atoms with van der Waals surface area (Å²) in [6, 6.07) is 9.62. The van der Waals surface area contributed by atoms with Gasteiger partial charge in [0.25, 0.3) is 5.56 Å². The minimum atomic E-state index is -3.95. The van der Waals surface area contributed by atoms with Gasteiger partial charge in [-0.2, -0.15) is 4.31 Å². The molecule has 0 fully saturated rings. The van der Waals surface area contributed by atoms with Crippen LogP contribution in [0, 0.1) is 6.92 Å². The average Bonchev–Trinajstić information content (AvgIpc) is 2.77. The Morgan fingerprint density at radius 1 is 1.12 bits per heavy atom. The number of aromatic nitrogens is 1. The van der Waals surface area contributed by atoms with Gasteiger partial charge in [-0.15, -0.1) is 0 Å². The van der Waals surface area contributed by atoms with Crippen LogP contribution in [0.1, 0.15) is 17.5 Å². The van der Waals surface area contributed by atoms with E-state index in [0.29, 0.717) is 40.6 Å². The summed E-state index contributed by atoms with van der Waals surface area (Å²) in [5.74, 6) is 1.12. The largest absolute Gasteiger partial charge is 0.486 e. The topological polar surface area (TPSA) is 109 Å². The van der Waals surface area contributed by atoms with Gasteiger partial charge in [0.1, 0.15) is 13.2 Å². The van der Waals surface area contributed by atoms with Crippen molar-refractivity contribution in [3.63, 3.8) is 0 Å². The number of sulfonamides is 1. The molecule has 0 spiro atoms. The van der Waals surface area contributed by atoms with Crippen molar-refractivity contribution in [3.8, 4) is 11.5 Å². The number of nitrogens with zero attached hydrogens (tertiary/aromatic N) is 1. The van der Waals surface area contributed by atoms with Gasteiger partial charge in [0, 0.05) is 41.7 Å². The summed E-state index contributed by atoms with van der Waals surface area (Å²) in [7, 11) is -3.95. The second-order valence-electron chi connectivity index (χ2n) is 7.53. The zero-order chi connectivity index (χ0) is 22.9. The summed E-state index contributed by atoms with van der Waals surface area (Å²) in [6.07, 6.45) is 0.225. The van der Waals surface area contributed by atoms with E-state index in [1.807, 2.05) is 0 Å². The van der Waals surface area contributed by atoms with Crippen molar-refractivity contribution < 1.29 is 23.0 Å². The number of fused-ring (bicyclic) bond motifs is 2. The molecule has 32 heavy (non-hydrogen) atoms. The predicted molar refractivity (Wildman–Crippen MR) is 121 cm³/mol. The number of rotatable bonds is 7. The number of hydrogen-bond acceptors (Lipinski definition) is 6. The number of nitrogens with one attached hydrogen (secondary N) is 1. The molecular weight excluding hydrogens is 456 g/mol. The van der Waals surface area contributed by atoms with E-state index in [0.717, 1.165) is 5.56 Å². The smallest absolute Gasteiger partial charge is 0.252 e. The monoisotopic (exact) mass is 478 g/mol. The molecule has 10 heteroatoms. The number of aliphatic hydroxyl groups excluding tert-OH is 1. The summed E-state index contributed by atoms with van der Waals surface area (Å²) >= 11 is 6.14. The summed E-state index contributed by atoms with van der Waals surface area (Å²) in [5, 5.41) is 10.3.